The van der Waals surface area contributed by atoms with Crippen molar-refractivity contribution in [2.45, 2.75) is 31.8 Å². The van der Waals surface area contributed by atoms with E-state index < -0.39 is 38.7 Å². The van der Waals surface area contributed by atoms with Gasteiger partial charge in [0.1, 0.15) is 10.7 Å². The Morgan fingerprint density at radius 3 is 2.33 bits per heavy atom. The van der Waals surface area contributed by atoms with Crippen LogP contribution in [0.15, 0.2) is 17.0 Å². The lowest BCUT2D eigenvalue weighted by atomic mass is 9.94. The zero-order chi connectivity index (χ0) is 15.8. The minimum Gasteiger partial charge on any atom is -0.391 e. The third kappa shape index (κ3) is 3.09. The summed E-state index contributed by atoms with van der Waals surface area (Å²) < 4.78 is 53.9. The lowest BCUT2D eigenvalue weighted by Gasteiger charge is -2.34. The molecule has 1 aliphatic rings. The first-order chi connectivity index (χ1) is 9.77. The molecule has 1 aromatic rings. The number of piperidine rings is 1. The van der Waals surface area contributed by atoms with Crippen molar-refractivity contribution in [2.75, 3.05) is 13.1 Å². The maximum atomic E-state index is 14.2. The van der Waals surface area contributed by atoms with Gasteiger partial charge in [0.2, 0.25) is 10.0 Å². The van der Waals surface area contributed by atoms with Gasteiger partial charge in [-0.3, -0.25) is 0 Å². The Bertz CT molecular complexity index is 623. The third-order valence-corrected chi connectivity index (χ3v) is 5.61. The number of aliphatic hydroxyl groups is 1. The van der Waals surface area contributed by atoms with Crippen LogP contribution < -0.4 is 0 Å². The summed E-state index contributed by atoms with van der Waals surface area (Å²) in [5, 5.41) is 9.00. The molecule has 0 saturated carbocycles. The second-order valence-electron chi connectivity index (χ2n) is 5.76. The summed E-state index contributed by atoms with van der Waals surface area (Å²) in [4.78, 5) is -0.575. The van der Waals surface area contributed by atoms with Crippen molar-refractivity contribution in [3.8, 4) is 0 Å². The van der Waals surface area contributed by atoms with Crippen molar-refractivity contribution < 1.29 is 22.3 Å². The Morgan fingerprint density at radius 2 is 1.81 bits per heavy atom. The van der Waals surface area contributed by atoms with E-state index in [0.29, 0.717) is 13.1 Å². The summed E-state index contributed by atoms with van der Waals surface area (Å²) in [5.41, 5.74) is -0.616. The highest BCUT2D eigenvalue weighted by Gasteiger charge is 2.34. The molecule has 1 aliphatic heterocycles. The Hall–Kier alpha value is -1.05. The summed E-state index contributed by atoms with van der Waals surface area (Å²) in [6, 6.07) is 1.79. The molecule has 1 heterocycles. The topological polar surface area (TPSA) is 57.6 Å². The van der Waals surface area contributed by atoms with Gasteiger partial charge in [-0.1, -0.05) is 13.8 Å². The van der Waals surface area contributed by atoms with Gasteiger partial charge in [-0.15, -0.1) is 0 Å². The zero-order valence-electron chi connectivity index (χ0n) is 12.0. The average molecular weight is 319 g/mol. The van der Waals surface area contributed by atoms with Crippen molar-refractivity contribution in [3.05, 3.63) is 29.3 Å². The first kappa shape index (κ1) is 16.3. The SMILES string of the molecule is CC1CC(C)CN(S(=O)(=O)c2ccc(F)c(CO)c2F)C1. The van der Waals surface area contributed by atoms with Gasteiger partial charge >= 0.3 is 0 Å². The van der Waals surface area contributed by atoms with E-state index in [4.69, 9.17) is 5.11 Å². The Balaban J connectivity index is 2.45. The molecule has 21 heavy (non-hydrogen) atoms. The molecule has 0 aromatic heterocycles. The molecule has 1 fully saturated rings. The monoisotopic (exact) mass is 319 g/mol. The van der Waals surface area contributed by atoms with E-state index >= 15 is 0 Å². The minimum absolute atomic E-state index is 0.185. The maximum absolute atomic E-state index is 14.2. The van der Waals surface area contributed by atoms with Gasteiger partial charge in [0, 0.05) is 13.1 Å². The first-order valence-corrected chi connectivity index (χ1v) is 8.29. The molecule has 0 spiro atoms. The Labute approximate surface area is 123 Å². The van der Waals surface area contributed by atoms with Gasteiger partial charge in [0.15, 0.2) is 5.82 Å². The fraction of sp³-hybridized carbons (Fsp3) is 0.571. The average Bonchev–Trinajstić information content (AvgIpc) is 2.37. The van der Waals surface area contributed by atoms with E-state index in [2.05, 4.69) is 0 Å². The van der Waals surface area contributed by atoms with Crippen molar-refractivity contribution in [1.82, 2.24) is 4.31 Å². The van der Waals surface area contributed by atoms with Crippen LogP contribution >= 0.6 is 0 Å². The molecular weight excluding hydrogens is 300 g/mol. The number of sulfonamides is 1. The molecule has 4 nitrogen and oxygen atoms in total. The predicted molar refractivity (Wildman–Crippen MR) is 74.0 cm³/mol. The third-order valence-electron chi connectivity index (χ3n) is 3.76. The van der Waals surface area contributed by atoms with Gasteiger partial charge in [-0.25, -0.2) is 17.2 Å². The summed E-state index contributed by atoms with van der Waals surface area (Å²) in [6.07, 6.45) is 0.916. The highest BCUT2D eigenvalue weighted by atomic mass is 32.2. The zero-order valence-corrected chi connectivity index (χ0v) is 12.8. The van der Waals surface area contributed by atoms with Crippen LogP contribution in [0.25, 0.3) is 0 Å². The van der Waals surface area contributed by atoms with Crippen molar-refractivity contribution in [1.29, 1.82) is 0 Å². The van der Waals surface area contributed by atoms with Crippen LogP contribution in [-0.4, -0.2) is 30.9 Å². The number of nitrogens with zero attached hydrogens (tertiary/aromatic N) is 1. The summed E-state index contributed by atoms with van der Waals surface area (Å²) >= 11 is 0. The van der Waals surface area contributed by atoms with Crippen LogP contribution in [0.5, 0.6) is 0 Å². The summed E-state index contributed by atoms with van der Waals surface area (Å²) in [7, 11) is -4.03. The molecule has 0 radical (unpaired) electrons. The molecule has 1 aromatic carbocycles. The van der Waals surface area contributed by atoms with Crippen LogP contribution in [0.2, 0.25) is 0 Å². The molecule has 2 unspecified atom stereocenters. The van der Waals surface area contributed by atoms with E-state index in [1.807, 2.05) is 13.8 Å². The maximum Gasteiger partial charge on any atom is 0.246 e. The van der Waals surface area contributed by atoms with Crippen LogP contribution in [-0.2, 0) is 16.6 Å². The number of hydrogen-bond donors (Lipinski definition) is 1. The Kier molecular flexibility index (Phi) is 4.65. The van der Waals surface area contributed by atoms with Crippen LogP contribution in [0, 0.1) is 23.5 Å². The van der Waals surface area contributed by atoms with E-state index in [9.17, 15) is 17.2 Å². The molecular formula is C14H19F2NO3S. The predicted octanol–water partition coefficient (Wildman–Crippen LogP) is 2.12. The molecule has 118 valence electrons. The van der Waals surface area contributed by atoms with E-state index in [1.165, 1.54) is 4.31 Å². The van der Waals surface area contributed by atoms with Gasteiger partial charge in [0.25, 0.3) is 0 Å². The first-order valence-electron chi connectivity index (χ1n) is 6.85. The second kappa shape index (κ2) is 5.98. The van der Waals surface area contributed by atoms with E-state index in [1.54, 1.807) is 0 Å². The van der Waals surface area contributed by atoms with Crippen molar-refractivity contribution >= 4 is 10.0 Å². The smallest absolute Gasteiger partial charge is 0.246 e. The Morgan fingerprint density at radius 1 is 1.24 bits per heavy atom. The largest absolute Gasteiger partial charge is 0.391 e. The summed E-state index contributed by atoms with van der Waals surface area (Å²) in [6.45, 7) is 3.64. The molecule has 0 amide bonds. The van der Waals surface area contributed by atoms with Crippen molar-refractivity contribution in [3.63, 3.8) is 0 Å². The van der Waals surface area contributed by atoms with Gasteiger partial charge < -0.3 is 5.11 Å². The highest BCUT2D eigenvalue weighted by molar-refractivity contribution is 7.89. The molecule has 2 atom stereocenters. The molecule has 0 bridgehead atoms. The molecule has 2 rings (SSSR count). The second-order valence-corrected chi connectivity index (χ2v) is 7.67. The highest BCUT2D eigenvalue weighted by Crippen LogP contribution is 2.29. The van der Waals surface area contributed by atoms with Crippen molar-refractivity contribution in [2.24, 2.45) is 11.8 Å². The van der Waals surface area contributed by atoms with Gasteiger partial charge in [-0.2, -0.15) is 4.31 Å². The normalized spacial score (nSPS) is 24.2. The quantitative estimate of drug-likeness (QED) is 0.928. The van der Waals surface area contributed by atoms with Crippen LogP contribution in [0.1, 0.15) is 25.8 Å². The number of aliphatic hydroxyl groups excluding tert-OH is 1. The summed E-state index contributed by atoms with van der Waals surface area (Å²) in [5.74, 6) is -1.79. The van der Waals surface area contributed by atoms with Gasteiger partial charge in [0.05, 0.1) is 12.2 Å². The van der Waals surface area contributed by atoms with Crippen LogP contribution in [0.3, 0.4) is 0 Å². The van der Waals surface area contributed by atoms with E-state index in [-0.39, 0.29) is 11.8 Å². The van der Waals surface area contributed by atoms with Gasteiger partial charge in [-0.05, 0) is 30.4 Å². The fourth-order valence-corrected chi connectivity index (χ4v) is 4.63. The molecule has 0 aliphatic carbocycles. The fourth-order valence-electron chi connectivity index (χ4n) is 2.86. The number of benzene rings is 1. The number of hydrogen-bond acceptors (Lipinski definition) is 3. The molecule has 1 N–H and O–H groups in total. The number of rotatable bonds is 3. The standard InChI is InChI=1S/C14H19F2NO3S/c1-9-5-10(2)7-17(6-9)21(19,20)13-4-3-12(15)11(8-18)14(13)16/h3-4,9-10,18H,5-8H2,1-2H3. The lowest BCUT2D eigenvalue weighted by molar-refractivity contribution is 0.222. The molecule has 1 saturated heterocycles. The van der Waals surface area contributed by atoms with Crippen LogP contribution in [0.4, 0.5) is 8.78 Å². The van der Waals surface area contributed by atoms with E-state index in [0.717, 1.165) is 18.6 Å². The number of halogens is 2. The molecule has 7 heteroatoms. The lowest BCUT2D eigenvalue weighted by Crippen LogP contribution is -2.42. The minimum atomic E-state index is -4.03.